The highest BCUT2D eigenvalue weighted by Gasteiger charge is 2.52. The molecule has 0 aliphatic carbocycles. The Kier molecular flexibility index (Phi) is 6.32. The monoisotopic (exact) mass is 418 g/mol. The number of halogens is 1. The summed E-state index contributed by atoms with van der Waals surface area (Å²) < 4.78 is 19.0. The average Bonchev–Trinajstić information content (AvgIpc) is 2.80. The van der Waals surface area contributed by atoms with Crippen LogP contribution in [0.5, 0.6) is 0 Å². The van der Waals surface area contributed by atoms with E-state index in [2.05, 4.69) is 17.9 Å². The van der Waals surface area contributed by atoms with Gasteiger partial charge in [-0.15, -0.1) is 0 Å². The van der Waals surface area contributed by atoms with E-state index in [1.807, 2.05) is 24.3 Å². The van der Waals surface area contributed by atoms with E-state index in [4.69, 9.17) is 4.74 Å². The van der Waals surface area contributed by atoms with Crippen molar-refractivity contribution in [2.75, 3.05) is 19.8 Å². The number of carbonyl (C=O) groups is 1. The lowest BCUT2D eigenvalue weighted by Gasteiger charge is -2.52. The first-order valence-corrected chi connectivity index (χ1v) is 10.4. The van der Waals surface area contributed by atoms with E-state index in [0.717, 1.165) is 11.1 Å². The zero-order valence-corrected chi connectivity index (χ0v) is 17.0. The third-order valence-corrected chi connectivity index (χ3v) is 6.07. The maximum atomic E-state index is 13.7. The molecule has 158 valence electrons. The molecule has 6 heteroatoms. The summed E-state index contributed by atoms with van der Waals surface area (Å²) in [5.74, 6) is 4.92. The average molecular weight is 418 g/mol. The number of nitrogens with zero attached hydrogens (tertiary/aromatic N) is 2. The molecule has 31 heavy (non-hydrogen) atoms. The minimum atomic E-state index is -0.608. The Morgan fingerprint density at radius 1 is 1.13 bits per heavy atom. The van der Waals surface area contributed by atoms with Crippen LogP contribution >= 0.6 is 0 Å². The van der Waals surface area contributed by atoms with Crippen LogP contribution in [0.3, 0.4) is 0 Å². The number of nitriles is 1. The number of ether oxygens (including phenoxy) is 1. The highest BCUT2D eigenvalue weighted by Crippen LogP contribution is 2.42. The molecule has 2 saturated heterocycles. The fraction of sp³-hybridized carbons (Fsp3) is 0.360. The Morgan fingerprint density at radius 2 is 1.84 bits per heavy atom. The van der Waals surface area contributed by atoms with E-state index in [-0.39, 0.29) is 30.2 Å². The van der Waals surface area contributed by atoms with Crippen LogP contribution in [0.2, 0.25) is 0 Å². The number of carbonyl (C=O) groups excluding carboxylic acids is 1. The molecule has 1 amide bonds. The first-order chi connectivity index (χ1) is 15.1. The standard InChI is InChI=1S/C25H23FN2O3/c26-21-4-2-1-3-18(21)8-5-17-6-9-19(10-7-17)24-22(15-27)28(23(24)16-29)25(30)20-11-13-31-14-12-20/h1-4,6-7,9-10,20,22-24,29H,11-14,16H2/t22-,23+,24-/m0/s1. The Morgan fingerprint density at radius 3 is 2.48 bits per heavy atom. The van der Waals surface area contributed by atoms with Crippen molar-refractivity contribution < 1.29 is 19.0 Å². The van der Waals surface area contributed by atoms with Crippen molar-refractivity contribution in [3.63, 3.8) is 0 Å². The molecular formula is C25H23FN2O3. The van der Waals surface area contributed by atoms with E-state index < -0.39 is 12.1 Å². The van der Waals surface area contributed by atoms with E-state index in [1.165, 1.54) is 6.07 Å². The van der Waals surface area contributed by atoms with Gasteiger partial charge in [-0.05, 0) is 42.7 Å². The van der Waals surface area contributed by atoms with Crippen molar-refractivity contribution >= 4 is 5.91 Å². The summed E-state index contributed by atoms with van der Waals surface area (Å²) in [6.07, 6.45) is 1.29. The van der Waals surface area contributed by atoms with Gasteiger partial charge < -0.3 is 14.7 Å². The number of aliphatic hydroxyl groups is 1. The van der Waals surface area contributed by atoms with Gasteiger partial charge in [0.1, 0.15) is 11.9 Å². The number of benzene rings is 2. The van der Waals surface area contributed by atoms with Gasteiger partial charge in [-0.3, -0.25) is 4.79 Å². The van der Waals surface area contributed by atoms with E-state index in [1.54, 1.807) is 23.1 Å². The molecule has 0 saturated carbocycles. The second-order valence-electron chi connectivity index (χ2n) is 7.83. The van der Waals surface area contributed by atoms with E-state index in [9.17, 15) is 19.6 Å². The molecule has 0 unspecified atom stereocenters. The van der Waals surface area contributed by atoms with Crippen LogP contribution in [0.4, 0.5) is 4.39 Å². The van der Waals surface area contributed by atoms with Crippen LogP contribution in [0.15, 0.2) is 48.5 Å². The molecule has 0 aromatic heterocycles. The first kappa shape index (κ1) is 21.1. The third-order valence-electron chi connectivity index (χ3n) is 6.07. The largest absolute Gasteiger partial charge is 0.394 e. The SMILES string of the molecule is N#C[C@H]1[C@H](c2ccc(C#Cc3ccccc3F)cc2)[C@@H](CO)N1C(=O)C1CCOCC1. The summed E-state index contributed by atoms with van der Waals surface area (Å²) in [4.78, 5) is 14.5. The predicted octanol–water partition coefficient (Wildman–Crippen LogP) is 2.83. The van der Waals surface area contributed by atoms with Crippen molar-refractivity contribution in [3.8, 4) is 17.9 Å². The van der Waals surface area contributed by atoms with Crippen molar-refractivity contribution in [1.29, 1.82) is 5.26 Å². The summed E-state index contributed by atoms with van der Waals surface area (Å²) in [5.41, 5.74) is 1.92. The molecule has 0 spiro atoms. The molecule has 0 bridgehead atoms. The van der Waals surface area contributed by atoms with Crippen LogP contribution in [0.1, 0.15) is 35.4 Å². The van der Waals surface area contributed by atoms with E-state index >= 15 is 0 Å². The Labute approximate surface area is 181 Å². The summed E-state index contributed by atoms with van der Waals surface area (Å²) in [6, 6.07) is 14.9. The van der Waals surface area contributed by atoms with Gasteiger partial charge in [0.25, 0.3) is 0 Å². The van der Waals surface area contributed by atoms with Gasteiger partial charge in [-0.25, -0.2) is 4.39 Å². The number of amides is 1. The smallest absolute Gasteiger partial charge is 0.227 e. The molecule has 2 aromatic rings. The maximum Gasteiger partial charge on any atom is 0.227 e. The Bertz CT molecular complexity index is 1040. The van der Waals surface area contributed by atoms with Crippen molar-refractivity contribution in [3.05, 3.63) is 71.0 Å². The van der Waals surface area contributed by atoms with Gasteiger partial charge in [0.15, 0.2) is 0 Å². The van der Waals surface area contributed by atoms with Crippen molar-refractivity contribution in [2.24, 2.45) is 5.92 Å². The molecule has 5 nitrogen and oxygen atoms in total. The molecule has 2 fully saturated rings. The van der Waals surface area contributed by atoms with Crippen LogP contribution in [-0.4, -0.2) is 47.8 Å². The Balaban J connectivity index is 1.51. The molecule has 2 aliphatic heterocycles. The van der Waals surface area contributed by atoms with Gasteiger partial charge in [0.05, 0.1) is 24.3 Å². The molecule has 4 rings (SSSR count). The van der Waals surface area contributed by atoms with Crippen LogP contribution in [0.25, 0.3) is 0 Å². The summed E-state index contributed by atoms with van der Waals surface area (Å²) in [6.45, 7) is 0.890. The van der Waals surface area contributed by atoms with E-state index in [0.29, 0.717) is 31.6 Å². The van der Waals surface area contributed by atoms with Gasteiger partial charge in [-0.1, -0.05) is 36.1 Å². The maximum absolute atomic E-state index is 13.7. The first-order valence-electron chi connectivity index (χ1n) is 10.4. The Hall–Kier alpha value is -3.19. The van der Waals surface area contributed by atoms with Crippen molar-refractivity contribution in [1.82, 2.24) is 4.90 Å². The summed E-state index contributed by atoms with van der Waals surface area (Å²) in [7, 11) is 0. The zero-order valence-electron chi connectivity index (χ0n) is 17.0. The number of hydrogen-bond acceptors (Lipinski definition) is 4. The second-order valence-corrected chi connectivity index (χ2v) is 7.83. The van der Waals surface area contributed by atoms with Gasteiger partial charge in [0, 0.05) is 30.6 Å². The molecule has 1 N–H and O–H groups in total. The minimum Gasteiger partial charge on any atom is -0.394 e. The van der Waals surface area contributed by atoms with Crippen LogP contribution < -0.4 is 0 Å². The fourth-order valence-electron chi connectivity index (χ4n) is 4.36. The molecular weight excluding hydrogens is 395 g/mol. The fourth-order valence-corrected chi connectivity index (χ4v) is 4.36. The number of rotatable bonds is 3. The summed E-state index contributed by atoms with van der Waals surface area (Å²) in [5, 5.41) is 19.7. The van der Waals surface area contributed by atoms with Gasteiger partial charge in [0.2, 0.25) is 5.91 Å². The normalized spacial score (nSPS) is 23.3. The third kappa shape index (κ3) is 4.18. The highest BCUT2D eigenvalue weighted by molar-refractivity contribution is 5.81. The number of hydrogen-bond donors (Lipinski definition) is 1. The van der Waals surface area contributed by atoms with Crippen molar-refractivity contribution in [2.45, 2.75) is 30.8 Å². The molecule has 2 aliphatic rings. The molecule has 2 heterocycles. The van der Waals surface area contributed by atoms with Gasteiger partial charge in [-0.2, -0.15) is 5.26 Å². The minimum absolute atomic E-state index is 0.0717. The highest BCUT2D eigenvalue weighted by atomic mass is 19.1. The predicted molar refractivity (Wildman–Crippen MR) is 112 cm³/mol. The lowest BCUT2D eigenvalue weighted by molar-refractivity contribution is -0.154. The van der Waals surface area contributed by atoms with Crippen LogP contribution in [-0.2, 0) is 9.53 Å². The second kappa shape index (κ2) is 9.31. The lowest BCUT2D eigenvalue weighted by Crippen LogP contribution is -2.66. The molecule has 0 radical (unpaired) electrons. The topological polar surface area (TPSA) is 73.6 Å². The zero-order chi connectivity index (χ0) is 21.8. The van der Waals surface area contributed by atoms with Crippen LogP contribution in [0, 0.1) is 34.9 Å². The number of likely N-dealkylation sites (tertiary alicyclic amines) is 1. The lowest BCUT2D eigenvalue weighted by atomic mass is 9.74. The summed E-state index contributed by atoms with van der Waals surface area (Å²) >= 11 is 0. The van der Waals surface area contributed by atoms with Gasteiger partial charge >= 0.3 is 0 Å². The number of aliphatic hydroxyl groups excluding tert-OH is 1. The molecule has 2 aromatic carbocycles. The quantitative estimate of drug-likeness (QED) is 0.778. The molecule has 3 atom stereocenters.